The Morgan fingerprint density at radius 1 is 1.06 bits per heavy atom. The average Bonchev–Trinajstić information content (AvgIpc) is 2.39. The van der Waals surface area contributed by atoms with Crippen molar-refractivity contribution in [1.82, 2.24) is 4.98 Å². The zero-order valence-electron chi connectivity index (χ0n) is 9.38. The third kappa shape index (κ3) is 2.28. The average molecular weight is 225 g/mol. The fourth-order valence-electron chi connectivity index (χ4n) is 1.64. The van der Waals surface area contributed by atoms with Gasteiger partial charge in [-0.05, 0) is 18.6 Å². The van der Waals surface area contributed by atoms with Crippen molar-refractivity contribution in [1.29, 1.82) is 0 Å². The largest absolute Gasteiger partial charge is 0.298 e. The van der Waals surface area contributed by atoms with Crippen molar-refractivity contribution >= 4 is 12.6 Å². The van der Waals surface area contributed by atoms with E-state index in [2.05, 4.69) is 4.98 Å². The molecule has 0 N–H and O–H groups in total. The van der Waals surface area contributed by atoms with Gasteiger partial charge in [-0.15, -0.1) is 0 Å². The van der Waals surface area contributed by atoms with Crippen LogP contribution in [0.1, 0.15) is 26.3 Å². The van der Waals surface area contributed by atoms with Gasteiger partial charge in [-0.3, -0.25) is 14.6 Å². The number of carbonyl (C=O) groups is 2. The highest BCUT2D eigenvalue weighted by atomic mass is 16.1. The smallest absolute Gasteiger partial charge is 0.152 e. The quantitative estimate of drug-likeness (QED) is 0.754. The van der Waals surface area contributed by atoms with Gasteiger partial charge in [0.1, 0.15) is 6.29 Å². The third-order valence-corrected chi connectivity index (χ3v) is 2.50. The Morgan fingerprint density at radius 3 is 2.35 bits per heavy atom. The van der Waals surface area contributed by atoms with Crippen LogP contribution < -0.4 is 0 Å². The Labute approximate surface area is 99.1 Å². The van der Waals surface area contributed by atoms with E-state index in [1.807, 2.05) is 6.92 Å². The van der Waals surface area contributed by atoms with Crippen LogP contribution in [0.5, 0.6) is 0 Å². The SMILES string of the molecule is Cc1cnc(-c2ccc(C=O)cc2)c(C=O)c1. The summed E-state index contributed by atoms with van der Waals surface area (Å²) in [7, 11) is 0. The maximum atomic E-state index is 11.0. The Balaban J connectivity index is 2.51. The summed E-state index contributed by atoms with van der Waals surface area (Å²) in [5, 5.41) is 0. The van der Waals surface area contributed by atoms with Gasteiger partial charge in [0.25, 0.3) is 0 Å². The maximum Gasteiger partial charge on any atom is 0.152 e. The number of benzene rings is 1. The van der Waals surface area contributed by atoms with Gasteiger partial charge in [0.2, 0.25) is 0 Å². The lowest BCUT2D eigenvalue weighted by molar-refractivity contribution is 0.111. The first kappa shape index (κ1) is 11.2. The molecule has 17 heavy (non-hydrogen) atoms. The van der Waals surface area contributed by atoms with E-state index in [0.29, 0.717) is 16.8 Å². The highest BCUT2D eigenvalue weighted by Gasteiger charge is 2.06. The summed E-state index contributed by atoms with van der Waals surface area (Å²) in [4.78, 5) is 25.8. The number of aryl methyl sites for hydroxylation is 1. The van der Waals surface area contributed by atoms with Crippen molar-refractivity contribution < 1.29 is 9.59 Å². The van der Waals surface area contributed by atoms with Crippen LogP contribution >= 0.6 is 0 Å². The van der Waals surface area contributed by atoms with Crippen molar-refractivity contribution in [3.63, 3.8) is 0 Å². The van der Waals surface area contributed by atoms with Gasteiger partial charge in [-0.25, -0.2) is 0 Å². The minimum Gasteiger partial charge on any atom is -0.298 e. The molecule has 0 spiro atoms. The molecule has 0 saturated heterocycles. The van der Waals surface area contributed by atoms with E-state index in [0.717, 1.165) is 23.7 Å². The summed E-state index contributed by atoms with van der Waals surface area (Å²) in [6.07, 6.45) is 3.30. The number of pyridine rings is 1. The van der Waals surface area contributed by atoms with Crippen LogP contribution in [0.4, 0.5) is 0 Å². The molecule has 1 aromatic carbocycles. The first-order valence-electron chi connectivity index (χ1n) is 5.22. The van der Waals surface area contributed by atoms with Gasteiger partial charge in [-0.2, -0.15) is 0 Å². The molecule has 0 aliphatic heterocycles. The Kier molecular flexibility index (Phi) is 3.10. The van der Waals surface area contributed by atoms with E-state index in [-0.39, 0.29) is 0 Å². The Morgan fingerprint density at radius 2 is 1.76 bits per heavy atom. The summed E-state index contributed by atoms with van der Waals surface area (Å²) in [6.45, 7) is 1.89. The van der Waals surface area contributed by atoms with Crippen LogP contribution in [0.2, 0.25) is 0 Å². The second-order valence-electron chi connectivity index (χ2n) is 3.81. The van der Waals surface area contributed by atoms with Crippen molar-refractivity contribution in [2.24, 2.45) is 0 Å². The number of hydrogen-bond donors (Lipinski definition) is 0. The summed E-state index contributed by atoms with van der Waals surface area (Å²) < 4.78 is 0. The van der Waals surface area contributed by atoms with Crippen molar-refractivity contribution in [3.8, 4) is 11.3 Å². The lowest BCUT2D eigenvalue weighted by Crippen LogP contribution is -1.93. The van der Waals surface area contributed by atoms with Crippen LogP contribution in [-0.2, 0) is 0 Å². The summed E-state index contributed by atoms with van der Waals surface area (Å²) in [5.41, 5.74) is 3.58. The molecule has 0 bridgehead atoms. The zero-order valence-corrected chi connectivity index (χ0v) is 9.38. The second kappa shape index (κ2) is 4.70. The molecule has 3 nitrogen and oxygen atoms in total. The monoisotopic (exact) mass is 225 g/mol. The molecule has 1 heterocycles. The molecule has 84 valence electrons. The Bertz CT molecular complexity index is 559. The molecule has 0 atom stereocenters. The van der Waals surface area contributed by atoms with Gasteiger partial charge < -0.3 is 0 Å². The number of nitrogens with zero attached hydrogens (tertiary/aromatic N) is 1. The van der Waals surface area contributed by atoms with Crippen LogP contribution in [0, 0.1) is 6.92 Å². The minimum atomic E-state index is 0.559. The molecule has 0 radical (unpaired) electrons. The van der Waals surface area contributed by atoms with Crippen LogP contribution in [-0.4, -0.2) is 17.6 Å². The predicted octanol–water partition coefficient (Wildman–Crippen LogP) is 2.68. The fraction of sp³-hybridized carbons (Fsp3) is 0.0714. The van der Waals surface area contributed by atoms with E-state index >= 15 is 0 Å². The number of carbonyl (C=O) groups excluding carboxylic acids is 2. The van der Waals surface area contributed by atoms with Gasteiger partial charge in [-0.1, -0.05) is 24.3 Å². The van der Waals surface area contributed by atoms with Crippen LogP contribution in [0.3, 0.4) is 0 Å². The van der Waals surface area contributed by atoms with E-state index in [1.165, 1.54) is 0 Å². The van der Waals surface area contributed by atoms with Gasteiger partial charge in [0.15, 0.2) is 6.29 Å². The molecule has 0 amide bonds. The molecular weight excluding hydrogens is 214 g/mol. The highest BCUT2D eigenvalue weighted by Crippen LogP contribution is 2.21. The highest BCUT2D eigenvalue weighted by molar-refractivity contribution is 5.86. The van der Waals surface area contributed by atoms with E-state index in [9.17, 15) is 9.59 Å². The number of hydrogen-bond acceptors (Lipinski definition) is 3. The minimum absolute atomic E-state index is 0.559. The van der Waals surface area contributed by atoms with E-state index in [4.69, 9.17) is 0 Å². The molecule has 1 aromatic heterocycles. The van der Waals surface area contributed by atoms with Gasteiger partial charge >= 0.3 is 0 Å². The van der Waals surface area contributed by atoms with E-state index < -0.39 is 0 Å². The lowest BCUT2D eigenvalue weighted by atomic mass is 10.0. The molecule has 0 saturated carbocycles. The third-order valence-electron chi connectivity index (χ3n) is 2.50. The molecule has 0 aliphatic rings. The predicted molar refractivity (Wildman–Crippen MR) is 65.2 cm³/mol. The van der Waals surface area contributed by atoms with Crippen LogP contribution in [0.25, 0.3) is 11.3 Å². The van der Waals surface area contributed by atoms with Crippen LogP contribution in [0.15, 0.2) is 36.5 Å². The molecule has 3 heteroatoms. The van der Waals surface area contributed by atoms with E-state index in [1.54, 1.807) is 36.5 Å². The first-order chi connectivity index (χ1) is 8.24. The number of rotatable bonds is 3. The van der Waals surface area contributed by atoms with Crippen molar-refractivity contribution in [2.45, 2.75) is 6.92 Å². The maximum absolute atomic E-state index is 11.0. The number of aromatic nitrogens is 1. The molecular formula is C14H11NO2. The fourth-order valence-corrected chi connectivity index (χ4v) is 1.64. The topological polar surface area (TPSA) is 47.0 Å². The molecule has 2 rings (SSSR count). The lowest BCUT2D eigenvalue weighted by Gasteiger charge is -2.05. The molecule has 2 aromatic rings. The summed E-state index contributed by atoms with van der Waals surface area (Å²) in [6, 6.07) is 8.78. The Hall–Kier alpha value is -2.29. The van der Waals surface area contributed by atoms with Gasteiger partial charge in [0.05, 0.1) is 5.69 Å². The molecule has 0 aliphatic carbocycles. The van der Waals surface area contributed by atoms with Crippen molar-refractivity contribution in [3.05, 3.63) is 53.2 Å². The normalized spacial score (nSPS) is 9.94. The first-order valence-corrected chi connectivity index (χ1v) is 5.22. The zero-order chi connectivity index (χ0) is 12.3. The molecule has 0 unspecified atom stereocenters. The standard InChI is InChI=1S/C14H11NO2/c1-10-6-13(9-17)14(15-7-10)12-4-2-11(8-16)3-5-12/h2-9H,1H3. The summed E-state index contributed by atoms with van der Waals surface area (Å²) >= 11 is 0. The molecule has 0 fully saturated rings. The van der Waals surface area contributed by atoms with Gasteiger partial charge in [0, 0.05) is 22.9 Å². The number of aldehydes is 2. The van der Waals surface area contributed by atoms with Crippen molar-refractivity contribution in [2.75, 3.05) is 0 Å². The summed E-state index contributed by atoms with van der Waals surface area (Å²) in [5.74, 6) is 0. The second-order valence-corrected chi connectivity index (χ2v) is 3.81.